The number of aryl methyl sites for hydroxylation is 1. The number of pyridine rings is 2. The van der Waals surface area contributed by atoms with Gasteiger partial charge in [-0.25, -0.2) is 0 Å². The lowest BCUT2D eigenvalue weighted by atomic mass is 10.0. The predicted octanol–water partition coefficient (Wildman–Crippen LogP) is 5.05. The summed E-state index contributed by atoms with van der Waals surface area (Å²) in [4.78, 5) is 21.0. The maximum atomic E-state index is 12.4. The molecule has 0 fully saturated rings. The molecule has 2 heterocycles. The van der Waals surface area contributed by atoms with Crippen LogP contribution in [0.4, 0.5) is 0 Å². The molecule has 0 radical (unpaired) electrons. The summed E-state index contributed by atoms with van der Waals surface area (Å²) in [5, 5.41) is 2.93. The van der Waals surface area contributed by atoms with Crippen LogP contribution < -0.4 is 5.32 Å². The summed E-state index contributed by atoms with van der Waals surface area (Å²) in [6.07, 6.45) is 3.55. The highest BCUT2D eigenvalue weighted by Crippen LogP contribution is 2.20. The molecule has 0 aliphatic rings. The van der Waals surface area contributed by atoms with Gasteiger partial charge in [-0.05, 0) is 47.4 Å². The average molecular weight is 379 g/mol. The quantitative estimate of drug-likeness (QED) is 0.528. The second-order valence-corrected chi connectivity index (χ2v) is 6.86. The number of carbonyl (C=O) groups excluding carboxylic acids is 1. The topological polar surface area (TPSA) is 54.9 Å². The minimum Gasteiger partial charge on any atom is -0.347 e. The zero-order valence-corrected chi connectivity index (χ0v) is 16.2. The van der Waals surface area contributed by atoms with E-state index in [0.29, 0.717) is 12.2 Å². The van der Waals surface area contributed by atoms with Crippen molar-refractivity contribution < 1.29 is 4.79 Å². The van der Waals surface area contributed by atoms with Gasteiger partial charge in [-0.3, -0.25) is 14.8 Å². The number of rotatable bonds is 5. The molecule has 4 heteroatoms. The van der Waals surface area contributed by atoms with Crippen LogP contribution in [-0.4, -0.2) is 15.9 Å². The number of hydrogen-bond acceptors (Lipinski definition) is 3. The monoisotopic (exact) mass is 379 g/mol. The van der Waals surface area contributed by atoms with Crippen LogP contribution >= 0.6 is 0 Å². The summed E-state index contributed by atoms with van der Waals surface area (Å²) in [6, 6.07) is 25.9. The van der Waals surface area contributed by atoms with E-state index in [2.05, 4.69) is 33.5 Å². The van der Waals surface area contributed by atoms with Crippen LogP contribution in [-0.2, 0) is 6.54 Å². The van der Waals surface area contributed by atoms with E-state index in [-0.39, 0.29) is 5.91 Å². The number of nitrogens with one attached hydrogen (secondary N) is 1. The van der Waals surface area contributed by atoms with Crippen molar-refractivity contribution in [1.82, 2.24) is 15.3 Å². The third-order valence-corrected chi connectivity index (χ3v) is 4.74. The van der Waals surface area contributed by atoms with E-state index < -0.39 is 0 Å². The van der Waals surface area contributed by atoms with Crippen molar-refractivity contribution in [3.63, 3.8) is 0 Å². The Bertz CT molecular complexity index is 1100. The van der Waals surface area contributed by atoms with Gasteiger partial charge in [0.1, 0.15) is 5.69 Å². The molecule has 0 aliphatic carbocycles. The van der Waals surface area contributed by atoms with Crippen molar-refractivity contribution in [2.24, 2.45) is 0 Å². The molecule has 0 aliphatic heterocycles. The van der Waals surface area contributed by atoms with Crippen LogP contribution in [0, 0.1) is 6.92 Å². The first-order chi connectivity index (χ1) is 14.2. The lowest BCUT2D eigenvalue weighted by Crippen LogP contribution is -2.23. The Morgan fingerprint density at radius 1 is 0.793 bits per heavy atom. The van der Waals surface area contributed by atoms with Gasteiger partial charge in [0.05, 0.1) is 0 Å². The molecular formula is C25H21N3O. The van der Waals surface area contributed by atoms with E-state index in [4.69, 9.17) is 0 Å². The fourth-order valence-corrected chi connectivity index (χ4v) is 3.14. The minimum atomic E-state index is -0.182. The van der Waals surface area contributed by atoms with Crippen LogP contribution in [0.1, 0.15) is 21.7 Å². The molecule has 2 aromatic carbocycles. The Hall–Kier alpha value is -3.79. The molecule has 4 rings (SSSR count). The van der Waals surface area contributed by atoms with Gasteiger partial charge in [0.25, 0.3) is 5.91 Å². The number of benzene rings is 2. The molecule has 0 bridgehead atoms. The molecule has 2 aromatic heterocycles. The normalized spacial score (nSPS) is 10.5. The van der Waals surface area contributed by atoms with E-state index in [1.165, 1.54) is 0 Å². The molecule has 29 heavy (non-hydrogen) atoms. The second-order valence-electron chi connectivity index (χ2n) is 6.86. The standard InChI is InChI=1S/C25H21N3O/c1-18-15-22(13-14-26-18)21-9-7-19(8-10-21)16-28-25(29)24-12-11-23(17-27-24)20-5-3-2-4-6-20/h2-15,17H,16H2,1H3,(H,28,29). The average Bonchev–Trinajstić information content (AvgIpc) is 2.78. The third kappa shape index (κ3) is 4.55. The summed E-state index contributed by atoms with van der Waals surface area (Å²) in [7, 11) is 0. The molecule has 1 N–H and O–H groups in total. The zero-order valence-electron chi connectivity index (χ0n) is 16.2. The minimum absolute atomic E-state index is 0.182. The van der Waals surface area contributed by atoms with Crippen molar-refractivity contribution in [3.8, 4) is 22.3 Å². The number of hydrogen-bond donors (Lipinski definition) is 1. The molecule has 0 unspecified atom stereocenters. The summed E-state index contributed by atoms with van der Waals surface area (Å²) in [5.41, 5.74) is 6.77. The number of aromatic nitrogens is 2. The maximum Gasteiger partial charge on any atom is 0.270 e. The van der Waals surface area contributed by atoms with E-state index in [9.17, 15) is 4.79 Å². The fraction of sp³-hybridized carbons (Fsp3) is 0.0800. The van der Waals surface area contributed by atoms with Gasteiger partial charge in [0.2, 0.25) is 0 Å². The first kappa shape index (κ1) is 18.6. The first-order valence-electron chi connectivity index (χ1n) is 9.51. The number of nitrogens with zero attached hydrogens (tertiary/aromatic N) is 2. The van der Waals surface area contributed by atoms with Crippen molar-refractivity contribution in [1.29, 1.82) is 0 Å². The summed E-state index contributed by atoms with van der Waals surface area (Å²) < 4.78 is 0. The van der Waals surface area contributed by atoms with E-state index in [1.807, 2.05) is 67.7 Å². The van der Waals surface area contributed by atoms with Gasteiger partial charge in [0, 0.05) is 30.2 Å². The summed E-state index contributed by atoms with van der Waals surface area (Å²) in [5.74, 6) is -0.182. The molecule has 0 spiro atoms. The van der Waals surface area contributed by atoms with Gasteiger partial charge in [-0.2, -0.15) is 0 Å². The van der Waals surface area contributed by atoms with Gasteiger partial charge in [-0.15, -0.1) is 0 Å². The Morgan fingerprint density at radius 3 is 2.21 bits per heavy atom. The highest BCUT2D eigenvalue weighted by Gasteiger charge is 2.08. The van der Waals surface area contributed by atoms with Gasteiger partial charge in [0.15, 0.2) is 0 Å². The van der Waals surface area contributed by atoms with Gasteiger partial charge >= 0.3 is 0 Å². The molecule has 0 saturated carbocycles. The molecule has 4 nitrogen and oxygen atoms in total. The molecule has 0 saturated heterocycles. The van der Waals surface area contributed by atoms with E-state index in [0.717, 1.165) is 33.5 Å². The van der Waals surface area contributed by atoms with Crippen molar-refractivity contribution in [2.45, 2.75) is 13.5 Å². The third-order valence-electron chi connectivity index (χ3n) is 4.74. The largest absolute Gasteiger partial charge is 0.347 e. The molecule has 142 valence electrons. The van der Waals surface area contributed by atoms with Crippen molar-refractivity contribution >= 4 is 5.91 Å². The van der Waals surface area contributed by atoms with Crippen LogP contribution in [0.15, 0.2) is 91.3 Å². The van der Waals surface area contributed by atoms with Crippen LogP contribution in [0.5, 0.6) is 0 Å². The smallest absolute Gasteiger partial charge is 0.270 e. The Morgan fingerprint density at radius 2 is 1.52 bits per heavy atom. The maximum absolute atomic E-state index is 12.4. The summed E-state index contributed by atoms with van der Waals surface area (Å²) in [6.45, 7) is 2.43. The van der Waals surface area contributed by atoms with E-state index in [1.54, 1.807) is 12.3 Å². The lowest BCUT2D eigenvalue weighted by Gasteiger charge is -2.08. The Kier molecular flexibility index (Phi) is 5.43. The highest BCUT2D eigenvalue weighted by molar-refractivity contribution is 5.92. The molecule has 0 atom stereocenters. The van der Waals surface area contributed by atoms with Crippen molar-refractivity contribution in [2.75, 3.05) is 0 Å². The lowest BCUT2D eigenvalue weighted by molar-refractivity contribution is 0.0946. The van der Waals surface area contributed by atoms with Gasteiger partial charge < -0.3 is 5.32 Å². The fourth-order valence-electron chi connectivity index (χ4n) is 3.14. The molecular weight excluding hydrogens is 358 g/mol. The van der Waals surface area contributed by atoms with Crippen LogP contribution in [0.2, 0.25) is 0 Å². The van der Waals surface area contributed by atoms with Crippen LogP contribution in [0.25, 0.3) is 22.3 Å². The number of carbonyl (C=O) groups is 1. The number of amides is 1. The Labute approximate surface area is 170 Å². The van der Waals surface area contributed by atoms with Crippen molar-refractivity contribution in [3.05, 3.63) is 108 Å². The highest BCUT2D eigenvalue weighted by atomic mass is 16.1. The first-order valence-corrected chi connectivity index (χ1v) is 9.51. The van der Waals surface area contributed by atoms with Gasteiger partial charge in [-0.1, -0.05) is 60.7 Å². The molecule has 1 amide bonds. The zero-order chi connectivity index (χ0) is 20.1. The SMILES string of the molecule is Cc1cc(-c2ccc(CNC(=O)c3ccc(-c4ccccc4)cn3)cc2)ccn1. The Balaban J connectivity index is 1.38. The second kappa shape index (κ2) is 8.48. The van der Waals surface area contributed by atoms with Crippen LogP contribution in [0.3, 0.4) is 0 Å². The summed E-state index contributed by atoms with van der Waals surface area (Å²) >= 11 is 0. The molecule has 4 aromatic rings. The van der Waals surface area contributed by atoms with E-state index >= 15 is 0 Å². The predicted molar refractivity (Wildman–Crippen MR) is 115 cm³/mol.